The zero-order chi connectivity index (χ0) is 18.0. The van der Waals surface area contributed by atoms with Crippen LogP contribution in [0.25, 0.3) is 10.9 Å². The lowest BCUT2D eigenvalue weighted by atomic mass is 10.2. The van der Waals surface area contributed by atoms with E-state index in [0.29, 0.717) is 10.9 Å². The van der Waals surface area contributed by atoms with Gasteiger partial charge in [0.25, 0.3) is 5.56 Å². The van der Waals surface area contributed by atoms with Crippen molar-refractivity contribution in [3.63, 3.8) is 0 Å². The maximum absolute atomic E-state index is 12.4. The fourth-order valence-electron chi connectivity index (χ4n) is 2.84. The van der Waals surface area contributed by atoms with E-state index in [-0.39, 0.29) is 26.1 Å². The zero-order valence-electron chi connectivity index (χ0n) is 13.3. The van der Waals surface area contributed by atoms with Crippen LogP contribution in [0.1, 0.15) is 6.42 Å². The number of hydrogen-bond donors (Lipinski definition) is 2. The number of fused-ring (bicyclic) bond motifs is 1. The van der Waals surface area contributed by atoms with Gasteiger partial charge in [0.05, 0.1) is 30.0 Å². The van der Waals surface area contributed by atoms with E-state index in [4.69, 9.17) is 9.84 Å². The van der Waals surface area contributed by atoms with Gasteiger partial charge in [-0.05, 0) is 12.1 Å². The minimum atomic E-state index is -1.01. The van der Waals surface area contributed by atoms with Crippen molar-refractivity contribution in [1.29, 1.82) is 0 Å². The number of carbonyl (C=O) groups is 2. The predicted octanol–water partition coefficient (Wildman–Crippen LogP) is -0.608. The highest BCUT2D eigenvalue weighted by atomic mass is 16.5. The number of aliphatic carboxylic acids is 1. The van der Waals surface area contributed by atoms with E-state index in [2.05, 4.69) is 4.98 Å². The molecule has 0 bridgehead atoms. The average molecular weight is 347 g/mol. The van der Waals surface area contributed by atoms with Gasteiger partial charge in [0.15, 0.2) is 0 Å². The van der Waals surface area contributed by atoms with E-state index in [1.807, 2.05) is 0 Å². The molecular formula is C16H17N3O6. The molecule has 1 aliphatic rings. The Morgan fingerprint density at radius 3 is 2.80 bits per heavy atom. The Morgan fingerprint density at radius 2 is 2.04 bits per heavy atom. The van der Waals surface area contributed by atoms with Crippen LogP contribution in [-0.2, 0) is 20.9 Å². The molecule has 0 spiro atoms. The first-order valence-electron chi connectivity index (χ1n) is 7.78. The summed E-state index contributed by atoms with van der Waals surface area (Å²) >= 11 is 0. The maximum Gasteiger partial charge on any atom is 0.329 e. The molecule has 2 aromatic rings. The minimum absolute atomic E-state index is 0.116. The molecule has 1 aromatic carbocycles. The molecule has 0 radical (unpaired) electrons. The number of nitrogens with zero attached hydrogens (tertiary/aromatic N) is 2. The lowest BCUT2D eigenvalue weighted by Crippen LogP contribution is -2.49. The first kappa shape index (κ1) is 16.9. The Labute approximate surface area is 141 Å². The second-order valence-corrected chi connectivity index (χ2v) is 5.80. The Morgan fingerprint density at radius 1 is 1.28 bits per heavy atom. The number of carboxylic acid groups (broad SMARTS) is 1. The maximum atomic E-state index is 12.4. The second-order valence-electron chi connectivity index (χ2n) is 5.80. The average Bonchev–Trinajstić information content (AvgIpc) is 2.58. The van der Waals surface area contributed by atoms with Gasteiger partial charge in [-0.1, -0.05) is 12.1 Å². The standard InChI is InChI=1S/C16H17N3O6/c20-13(18-5-6-25-10(8-18)7-14(21)22)9-19-15(23)11-3-1-2-4-12(11)17-16(19)24/h1-4,10H,5-9H2,(H,17,24)(H,21,22)/t10-/m0/s1. The SMILES string of the molecule is O=C(O)C[C@H]1CN(C(=O)Cn2c(=O)[nH]c3ccccc3c2=O)CCO1. The van der Waals surface area contributed by atoms with Crippen LogP contribution in [0.3, 0.4) is 0 Å². The molecule has 9 nitrogen and oxygen atoms in total. The first-order valence-corrected chi connectivity index (χ1v) is 7.78. The third-order valence-electron chi connectivity index (χ3n) is 4.08. The molecule has 25 heavy (non-hydrogen) atoms. The number of aromatic amines is 1. The summed E-state index contributed by atoms with van der Waals surface area (Å²) in [4.78, 5) is 51.8. The molecule has 9 heteroatoms. The predicted molar refractivity (Wildman–Crippen MR) is 87.4 cm³/mol. The molecule has 0 unspecified atom stereocenters. The van der Waals surface area contributed by atoms with Gasteiger partial charge >= 0.3 is 11.7 Å². The Hall–Kier alpha value is -2.94. The number of para-hydroxylation sites is 1. The Bertz CT molecular complexity index is 931. The quantitative estimate of drug-likeness (QED) is 0.761. The molecule has 2 N–H and O–H groups in total. The molecule has 0 saturated carbocycles. The summed E-state index contributed by atoms with van der Waals surface area (Å²) < 4.78 is 6.17. The van der Waals surface area contributed by atoms with Crippen molar-refractivity contribution in [1.82, 2.24) is 14.5 Å². The summed E-state index contributed by atoms with van der Waals surface area (Å²) in [6, 6.07) is 6.56. The number of carboxylic acids is 1. The monoisotopic (exact) mass is 347 g/mol. The number of rotatable bonds is 4. The van der Waals surface area contributed by atoms with Gasteiger partial charge < -0.3 is 19.7 Å². The van der Waals surface area contributed by atoms with E-state index in [1.54, 1.807) is 24.3 Å². The van der Waals surface area contributed by atoms with Crippen molar-refractivity contribution in [2.24, 2.45) is 0 Å². The van der Waals surface area contributed by atoms with Gasteiger partial charge in [0.2, 0.25) is 5.91 Å². The molecular weight excluding hydrogens is 330 g/mol. The van der Waals surface area contributed by atoms with Crippen molar-refractivity contribution >= 4 is 22.8 Å². The van der Waals surface area contributed by atoms with E-state index in [0.717, 1.165) is 4.57 Å². The second kappa shape index (κ2) is 6.89. The summed E-state index contributed by atoms with van der Waals surface area (Å²) in [7, 11) is 0. The number of amides is 1. The van der Waals surface area contributed by atoms with Gasteiger partial charge in [-0.2, -0.15) is 0 Å². The molecule has 2 heterocycles. The van der Waals surface area contributed by atoms with E-state index in [1.165, 1.54) is 4.90 Å². The number of hydrogen-bond acceptors (Lipinski definition) is 5. The van der Waals surface area contributed by atoms with Crippen LogP contribution in [0.15, 0.2) is 33.9 Å². The van der Waals surface area contributed by atoms with Crippen LogP contribution in [-0.4, -0.2) is 57.2 Å². The number of morpholine rings is 1. The summed E-state index contributed by atoms with van der Waals surface area (Å²) in [5, 5.41) is 9.14. The highest BCUT2D eigenvalue weighted by molar-refractivity contribution is 5.79. The van der Waals surface area contributed by atoms with E-state index in [9.17, 15) is 19.2 Å². The van der Waals surface area contributed by atoms with Gasteiger partial charge in [-0.3, -0.25) is 19.0 Å². The van der Waals surface area contributed by atoms with Gasteiger partial charge in [0, 0.05) is 13.1 Å². The molecule has 132 valence electrons. The molecule has 1 fully saturated rings. The van der Waals surface area contributed by atoms with Crippen LogP contribution in [0.4, 0.5) is 0 Å². The summed E-state index contributed by atoms with van der Waals surface area (Å²) in [5.41, 5.74) is -0.787. The molecule has 1 aromatic heterocycles. The number of H-pyrrole nitrogens is 1. The lowest BCUT2D eigenvalue weighted by molar-refractivity contribution is -0.148. The summed E-state index contributed by atoms with van der Waals surface area (Å²) in [5.74, 6) is -1.44. The van der Waals surface area contributed by atoms with Gasteiger partial charge in [-0.25, -0.2) is 4.79 Å². The fraction of sp³-hybridized carbons (Fsp3) is 0.375. The zero-order valence-corrected chi connectivity index (χ0v) is 13.3. The molecule has 1 aliphatic heterocycles. The third-order valence-corrected chi connectivity index (χ3v) is 4.08. The van der Waals surface area contributed by atoms with Crippen molar-refractivity contribution in [2.75, 3.05) is 19.7 Å². The largest absolute Gasteiger partial charge is 0.481 e. The molecule has 1 atom stereocenters. The number of benzene rings is 1. The first-order chi connectivity index (χ1) is 12.0. The molecule has 3 rings (SSSR count). The fourth-order valence-corrected chi connectivity index (χ4v) is 2.84. The van der Waals surface area contributed by atoms with Crippen LogP contribution in [0.2, 0.25) is 0 Å². The van der Waals surface area contributed by atoms with Gasteiger partial charge in [0.1, 0.15) is 6.54 Å². The molecule has 0 aliphatic carbocycles. The summed E-state index contributed by atoms with van der Waals surface area (Å²) in [6.07, 6.45) is -0.804. The van der Waals surface area contributed by atoms with Crippen LogP contribution in [0, 0.1) is 0 Å². The van der Waals surface area contributed by atoms with Crippen molar-refractivity contribution in [2.45, 2.75) is 19.1 Å². The lowest BCUT2D eigenvalue weighted by Gasteiger charge is -2.32. The Kier molecular flexibility index (Phi) is 4.66. The van der Waals surface area contributed by atoms with Crippen LogP contribution in [0.5, 0.6) is 0 Å². The van der Waals surface area contributed by atoms with Crippen LogP contribution >= 0.6 is 0 Å². The smallest absolute Gasteiger partial charge is 0.329 e. The number of ether oxygens (including phenoxy) is 1. The summed E-state index contributed by atoms with van der Waals surface area (Å²) in [6.45, 7) is 0.214. The van der Waals surface area contributed by atoms with Crippen molar-refractivity contribution in [3.8, 4) is 0 Å². The topological polar surface area (TPSA) is 122 Å². The highest BCUT2D eigenvalue weighted by Crippen LogP contribution is 2.09. The minimum Gasteiger partial charge on any atom is -0.481 e. The Balaban J connectivity index is 1.81. The highest BCUT2D eigenvalue weighted by Gasteiger charge is 2.26. The number of carbonyl (C=O) groups excluding carboxylic acids is 1. The molecule has 1 saturated heterocycles. The van der Waals surface area contributed by atoms with E-state index >= 15 is 0 Å². The van der Waals surface area contributed by atoms with Crippen LogP contribution < -0.4 is 11.2 Å². The normalized spacial score (nSPS) is 17.6. The van der Waals surface area contributed by atoms with E-state index < -0.39 is 35.8 Å². The number of nitrogens with one attached hydrogen (secondary N) is 1. The molecule has 1 amide bonds. The van der Waals surface area contributed by atoms with Crippen molar-refractivity contribution < 1.29 is 19.4 Å². The number of aromatic nitrogens is 2. The van der Waals surface area contributed by atoms with Gasteiger partial charge in [-0.15, -0.1) is 0 Å². The van der Waals surface area contributed by atoms with Crippen molar-refractivity contribution in [3.05, 3.63) is 45.1 Å². The third kappa shape index (κ3) is 3.61.